The quantitative estimate of drug-likeness (QED) is 0.220. The zero-order valence-corrected chi connectivity index (χ0v) is 17.0. The molecule has 0 heterocycles. The predicted molar refractivity (Wildman–Crippen MR) is 128 cm³/mol. The van der Waals surface area contributed by atoms with Crippen LogP contribution < -0.4 is 0 Å². The summed E-state index contributed by atoms with van der Waals surface area (Å²) in [7, 11) is 0. The zero-order chi connectivity index (χ0) is 22.3. The molecule has 0 saturated heterocycles. The summed E-state index contributed by atoms with van der Waals surface area (Å²) in [5.41, 5.74) is 5.53. The minimum absolute atomic E-state index is 0.0589. The van der Waals surface area contributed by atoms with Gasteiger partial charge in [0.1, 0.15) is 5.75 Å². The third-order valence-corrected chi connectivity index (χ3v) is 4.79. The predicted octanol–water partition coefficient (Wildman–Crippen LogP) is 6.47. The highest BCUT2D eigenvalue weighted by molar-refractivity contribution is 5.83. The average Bonchev–Trinajstić information content (AvgIpc) is 2.83. The molecule has 4 aromatic carbocycles. The number of aromatic hydroxyl groups is 1. The lowest BCUT2D eigenvalue weighted by molar-refractivity contribution is -0.384. The van der Waals surface area contributed by atoms with Crippen LogP contribution in [0.1, 0.15) is 11.1 Å². The molecule has 0 bridgehead atoms. The number of hydrogen-bond acceptors (Lipinski definition) is 5. The maximum Gasteiger partial charge on any atom is 0.269 e. The summed E-state index contributed by atoms with van der Waals surface area (Å²) >= 11 is 0. The third kappa shape index (κ3) is 5.31. The van der Waals surface area contributed by atoms with Gasteiger partial charge < -0.3 is 5.11 Å². The van der Waals surface area contributed by atoms with Gasteiger partial charge in [-0.2, -0.15) is 0 Å². The molecule has 4 rings (SSSR count). The van der Waals surface area contributed by atoms with Gasteiger partial charge in [-0.25, -0.2) is 0 Å². The second kappa shape index (κ2) is 9.49. The number of aliphatic imine (C=N–C) groups is 2. The number of nitro benzene ring substituents is 1. The van der Waals surface area contributed by atoms with E-state index in [1.165, 1.54) is 12.1 Å². The molecule has 32 heavy (non-hydrogen) atoms. The van der Waals surface area contributed by atoms with Gasteiger partial charge in [0.15, 0.2) is 0 Å². The summed E-state index contributed by atoms with van der Waals surface area (Å²) in [6.45, 7) is 0. The van der Waals surface area contributed by atoms with Gasteiger partial charge in [0.2, 0.25) is 0 Å². The number of benzene rings is 4. The standard InChI is InChI=1S/C26H19N3O3/c30-26-15-3-20(4-16-26)18-28-24-11-7-22(8-12-24)21-5-9-23(10-6-21)27-17-19-1-13-25(14-2-19)29(31)32/h1-18,30H. The molecule has 6 nitrogen and oxygen atoms in total. The van der Waals surface area contributed by atoms with Crippen molar-refractivity contribution in [2.24, 2.45) is 9.98 Å². The van der Waals surface area contributed by atoms with Gasteiger partial charge in [0, 0.05) is 24.6 Å². The molecule has 4 aromatic rings. The molecule has 1 N–H and O–H groups in total. The first kappa shape index (κ1) is 20.7. The van der Waals surface area contributed by atoms with E-state index in [9.17, 15) is 15.2 Å². The van der Waals surface area contributed by atoms with Gasteiger partial charge in [-0.1, -0.05) is 24.3 Å². The Bertz CT molecular complexity index is 1260. The van der Waals surface area contributed by atoms with Crippen LogP contribution in [0, 0.1) is 10.1 Å². The molecule has 0 radical (unpaired) electrons. The smallest absolute Gasteiger partial charge is 0.269 e. The van der Waals surface area contributed by atoms with Crippen molar-refractivity contribution in [1.82, 2.24) is 0 Å². The van der Waals surface area contributed by atoms with Gasteiger partial charge in [0.25, 0.3) is 5.69 Å². The summed E-state index contributed by atoms with van der Waals surface area (Å²) in [6.07, 6.45) is 3.44. The van der Waals surface area contributed by atoms with E-state index in [4.69, 9.17) is 0 Å². The topological polar surface area (TPSA) is 88.1 Å². The molecular formula is C26H19N3O3. The fraction of sp³-hybridized carbons (Fsp3) is 0. The number of nitro groups is 1. The van der Waals surface area contributed by atoms with Crippen molar-refractivity contribution < 1.29 is 10.0 Å². The fourth-order valence-corrected chi connectivity index (χ4v) is 3.02. The molecule has 0 atom stereocenters. The lowest BCUT2D eigenvalue weighted by Gasteiger charge is -2.03. The Hall–Kier alpha value is -4.58. The van der Waals surface area contributed by atoms with E-state index in [0.717, 1.165) is 33.6 Å². The van der Waals surface area contributed by atoms with Crippen molar-refractivity contribution in [3.8, 4) is 16.9 Å². The molecule has 0 aliphatic rings. The van der Waals surface area contributed by atoms with Crippen molar-refractivity contribution in [3.63, 3.8) is 0 Å². The Kier molecular flexibility index (Phi) is 6.13. The molecule has 0 saturated carbocycles. The normalized spacial score (nSPS) is 11.2. The second-order valence-corrected chi connectivity index (χ2v) is 7.05. The highest BCUT2D eigenvalue weighted by Gasteiger charge is 2.03. The molecule has 0 spiro atoms. The lowest BCUT2D eigenvalue weighted by Crippen LogP contribution is -1.88. The van der Waals surface area contributed by atoms with Crippen LogP contribution in [-0.4, -0.2) is 22.5 Å². The van der Waals surface area contributed by atoms with Crippen LogP contribution in [0.4, 0.5) is 17.1 Å². The van der Waals surface area contributed by atoms with E-state index in [-0.39, 0.29) is 11.4 Å². The Morgan fingerprint density at radius 3 is 1.44 bits per heavy atom. The van der Waals surface area contributed by atoms with Gasteiger partial charge in [-0.3, -0.25) is 20.1 Å². The average molecular weight is 421 g/mol. The van der Waals surface area contributed by atoms with Crippen LogP contribution in [0.3, 0.4) is 0 Å². The summed E-state index contributed by atoms with van der Waals surface area (Å²) in [5, 5.41) is 20.1. The Morgan fingerprint density at radius 1 is 0.625 bits per heavy atom. The highest BCUT2D eigenvalue weighted by atomic mass is 16.6. The zero-order valence-electron chi connectivity index (χ0n) is 17.0. The lowest BCUT2D eigenvalue weighted by atomic mass is 10.1. The van der Waals surface area contributed by atoms with Crippen LogP contribution in [0.25, 0.3) is 11.1 Å². The molecule has 0 aliphatic heterocycles. The van der Waals surface area contributed by atoms with Crippen molar-refractivity contribution in [2.75, 3.05) is 0 Å². The number of phenolic OH excluding ortho intramolecular Hbond substituents is 1. The van der Waals surface area contributed by atoms with Crippen molar-refractivity contribution in [3.05, 3.63) is 118 Å². The number of rotatable bonds is 6. The number of nitrogens with zero attached hydrogens (tertiary/aromatic N) is 3. The van der Waals surface area contributed by atoms with Crippen LogP contribution in [0.15, 0.2) is 107 Å². The fourth-order valence-electron chi connectivity index (χ4n) is 3.02. The van der Waals surface area contributed by atoms with Gasteiger partial charge >= 0.3 is 0 Å². The summed E-state index contributed by atoms with van der Waals surface area (Å²) in [5.74, 6) is 0.231. The monoisotopic (exact) mass is 421 g/mol. The van der Waals surface area contributed by atoms with E-state index in [1.807, 2.05) is 48.5 Å². The van der Waals surface area contributed by atoms with E-state index in [2.05, 4.69) is 9.98 Å². The highest BCUT2D eigenvalue weighted by Crippen LogP contribution is 2.25. The van der Waals surface area contributed by atoms with E-state index in [0.29, 0.717) is 0 Å². The molecule has 0 fully saturated rings. The van der Waals surface area contributed by atoms with Crippen LogP contribution in [0.5, 0.6) is 5.75 Å². The van der Waals surface area contributed by atoms with Gasteiger partial charge in [0.05, 0.1) is 16.3 Å². The van der Waals surface area contributed by atoms with Crippen molar-refractivity contribution >= 4 is 29.5 Å². The molecular weight excluding hydrogens is 402 g/mol. The SMILES string of the molecule is O=[N+]([O-])c1ccc(C=Nc2ccc(-c3ccc(N=Cc4ccc(O)cc4)cc3)cc2)cc1. The molecule has 156 valence electrons. The molecule has 0 aromatic heterocycles. The third-order valence-electron chi connectivity index (χ3n) is 4.79. The molecule has 0 unspecified atom stereocenters. The van der Waals surface area contributed by atoms with Crippen molar-refractivity contribution in [2.45, 2.75) is 0 Å². The number of phenols is 1. The maximum atomic E-state index is 10.7. The Labute approximate surface area is 185 Å². The van der Waals surface area contributed by atoms with Crippen molar-refractivity contribution in [1.29, 1.82) is 0 Å². The Morgan fingerprint density at radius 2 is 1.03 bits per heavy atom. The minimum Gasteiger partial charge on any atom is -0.508 e. The Balaban J connectivity index is 1.41. The first-order valence-corrected chi connectivity index (χ1v) is 9.89. The molecule has 0 amide bonds. The van der Waals surface area contributed by atoms with Crippen LogP contribution >= 0.6 is 0 Å². The van der Waals surface area contributed by atoms with E-state index in [1.54, 1.807) is 48.8 Å². The number of hydrogen-bond donors (Lipinski definition) is 1. The van der Waals surface area contributed by atoms with E-state index < -0.39 is 4.92 Å². The largest absolute Gasteiger partial charge is 0.508 e. The molecule has 0 aliphatic carbocycles. The summed E-state index contributed by atoms with van der Waals surface area (Å²) in [4.78, 5) is 19.2. The first-order chi connectivity index (χ1) is 15.6. The van der Waals surface area contributed by atoms with Gasteiger partial charge in [-0.15, -0.1) is 0 Å². The minimum atomic E-state index is -0.422. The first-order valence-electron chi connectivity index (χ1n) is 9.89. The molecule has 6 heteroatoms. The van der Waals surface area contributed by atoms with Gasteiger partial charge in [-0.05, 0) is 82.9 Å². The summed E-state index contributed by atoms with van der Waals surface area (Å²) < 4.78 is 0. The van der Waals surface area contributed by atoms with Crippen LogP contribution in [0.2, 0.25) is 0 Å². The number of non-ortho nitro benzene ring substituents is 1. The summed E-state index contributed by atoms with van der Waals surface area (Å²) in [6, 6.07) is 28.9. The van der Waals surface area contributed by atoms with E-state index >= 15 is 0 Å². The maximum absolute atomic E-state index is 10.7. The van der Waals surface area contributed by atoms with Crippen LogP contribution in [-0.2, 0) is 0 Å². The second-order valence-electron chi connectivity index (χ2n) is 7.05.